The van der Waals surface area contributed by atoms with Gasteiger partial charge in [-0.25, -0.2) is 8.42 Å². The van der Waals surface area contributed by atoms with Crippen LogP contribution in [0.1, 0.15) is 18.5 Å². The highest BCUT2D eigenvalue weighted by Crippen LogP contribution is 2.44. The normalized spacial score (nSPS) is 20.0. The third kappa shape index (κ3) is 2.46. The summed E-state index contributed by atoms with van der Waals surface area (Å²) in [4.78, 5) is 10.5. The first-order valence-corrected chi connectivity index (χ1v) is 10.0. The van der Waals surface area contributed by atoms with Crippen LogP contribution in [0.25, 0.3) is 0 Å². The molecule has 2 aliphatic rings. The van der Waals surface area contributed by atoms with Crippen molar-refractivity contribution in [1.82, 2.24) is 14.2 Å². The zero-order valence-corrected chi connectivity index (χ0v) is 15.0. The molecule has 0 unspecified atom stereocenters. The first-order valence-electron chi connectivity index (χ1n) is 8.59. The molecule has 0 radical (unpaired) electrons. The molecule has 1 spiro atoms. The van der Waals surface area contributed by atoms with Crippen LogP contribution in [0, 0.1) is 10.1 Å². The Hall–Kier alpha value is -2.23. The molecular weight excluding hydrogens is 356 g/mol. The summed E-state index contributed by atoms with van der Waals surface area (Å²) >= 11 is 0. The molecule has 0 atom stereocenters. The summed E-state index contributed by atoms with van der Waals surface area (Å²) in [7, 11) is -4.02. The van der Waals surface area contributed by atoms with Crippen LogP contribution in [0.3, 0.4) is 0 Å². The monoisotopic (exact) mass is 376 g/mol. The van der Waals surface area contributed by atoms with Gasteiger partial charge >= 0.3 is 0 Å². The van der Waals surface area contributed by atoms with Crippen LogP contribution in [0.5, 0.6) is 0 Å². The Bertz CT molecular complexity index is 947. The number of sulfonamides is 1. The molecule has 1 saturated heterocycles. The Morgan fingerprint density at radius 1 is 1.08 bits per heavy atom. The van der Waals surface area contributed by atoms with Crippen LogP contribution in [0.15, 0.2) is 47.5 Å². The molecule has 9 heteroatoms. The summed E-state index contributed by atoms with van der Waals surface area (Å²) in [6, 6.07) is 9.48. The largest absolute Gasteiger partial charge is 0.348 e. The van der Waals surface area contributed by atoms with Gasteiger partial charge in [-0.2, -0.15) is 4.31 Å². The number of nitrogens with one attached hydrogen (secondary N) is 1. The van der Waals surface area contributed by atoms with Crippen molar-refractivity contribution in [3.05, 3.63) is 58.4 Å². The minimum Gasteiger partial charge on any atom is -0.348 e. The van der Waals surface area contributed by atoms with E-state index in [-0.39, 0.29) is 10.6 Å². The third-order valence-corrected chi connectivity index (χ3v) is 7.40. The summed E-state index contributed by atoms with van der Waals surface area (Å²) in [6.07, 6.45) is 3.24. The van der Waals surface area contributed by atoms with E-state index >= 15 is 0 Å². The molecular formula is C17H20N4O4S. The van der Waals surface area contributed by atoms with E-state index in [1.54, 1.807) is 0 Å². The molecule has 8 nitrogen and oxygen atoms in total. The predicted octanol–water partition coefficient (Wildman–Crippen LogP) is 1.68. The van der Waals surface area contributed by atoms with E-state index in [2.05, 4.69) is 9.88 Å². The van der Waals surface area contributed by atoms with Gasteiger partial charge in [0.2, 0.25) is 0 Å². The Labute approximate surface area is 151 Å². The van der Waals surface area contributed by atoms with Crippen molar-refractivity contribution in [2.45, 2.75) is 29.8 Å². The van der Waals surface area contributed by atoms with Crippen molar-refractivity contribution in [2.24, 2.45) is 0 Å². The highest BCUT2D eigenvalue weighted by atomic mass is 32.2. The first-order chi connectivity index (χ1) is 12.5. The molecule has 0 bridgehead atoms. The van der Waals surface area contributed by atoms with E-state index in [0.717, 1.165) is 5.69 Å². The van der Waals surface area contributed by atoms with Gasteiger partial charge in [0.15, 0.2) is 4.90 Å². The molecule has 0 aliphatic carbocycles. The topological polar surface area (TPSA) is 97.5 Å². The van der Waals surface area contributed by atoms with E-state index in [1.165, 1.54) is 28.6 Å². The number of aromatic nitrogens is 1. The van der Waals surface area contributed by atoms with Gasteiger partial charge in [-0.1, -0.05) is 12.1 Å². The standard InChI is InChI=1S/C17H20N4O4S/c22-21(23)14-4-1-2-5-15(14)26(24,25)20-13-12-19-11-3-6-16(19)17(20)7-9-18-10-8-17/h1-6,11,18H,7-10,12-13H2. The van der Waals surface area contributed by atoms with Crippen LogP contribution >= 0.6 is 0 Å². The van der Waals surface area contributed by atoms with Gasteiger partial charge in [0.05, 0.1) is 10.5 Å². The fraction of sp³-hybridized carbons (Fsp3) is 0.412. The molecule has 2 aromatic rings. The summed E-state index contributed by atoms with van der Waals surface area (Å²) in [5.41, 5.74) is -0.0832. The summed E-state index contributed by atoms with van der Waals surface area (Å²) in [5, 5.41) is 14.7. The number of benzene rings is 1. The molecule has 0 amide bonds. The number of hydrogen-bond acceptors (Lipinski definition) is 5. The zero-order valence-electron chi connectivity index (χ0n) is 14.2. The number of nitro benzene ring substituents is 1. The van der Waals surface area contributed by atoms with Crippen molar-refractivity contribution in [1.29, 1.82) is 0 Å². The number of nitro groups is 1. The second-order valence-electron chi connectivity index (χ2n) is 6.67. The number of para-hydroxylation sites is 1. The highest BCUT2D eigenvalue weighted by Gasteiger charge is 2.50. The van der Waals surface area contributed by atoms with Crippen LogP contribution in [-0.2, 0) is 22.1 Å². The lowest BCUT2D eigenvalue weighted by atomic mass is 9.83. The van der Waals surface area contributed by atoms with Crippen molar-refractivity contribution in [2.75, 3.05) is 19.6 Å². The smallest absolute Gasteiger partial charge is 0.289 e. The number of rotatable bonds is 3. The van der Waals surface area contributed by atoms with E-state index < -0.39 is 20.5 Å². The highest BCUT2D eigenvalue weighted by molar-refractivity contribution is 7.89. The molecule has 1 N–H and O–H groups in total. The number of hydrogen-bond donors (Lipinski definition) is 1. The van der Waals surface area contributed by atoms with E-state index in [1.807, 2.05) is 18.3 Å². The van der Waals surface area contributed by atoms with Crippen LogP contribution in [-0.4, -0.2) is 41.8 Å². The maximum absolute atomic E-state index is 13.5. The quantitative estimate of drug-likeness (QED) is 0.649. The van der Waals surface area contributed by atoms with Crippen LogP contribution < -0.4 is 5.32 Å². The Morgan fingerprint density at radius 2 is 1.81 bits per heavy atom. The molecule has 4 rings (SSSR count). The molecule has 1 aromatic heterocycles. The lowest BCUT2D eigenvalue weighted by Gasteiger charge is -2.48. The molecule has 1 aromatic carbocycles. The molecule has 2 aliphatic heterocycles. The Kier molecular flexibility index (Phi) is 4.09. The third-order valence-electron chi connectivity index (χ3n) is 5.39. The van der Waals surface area contributed by atoms with Gasteiger partial charge in [0.1, 0.15) is 0 Å². The van der Waals surface area contributed by atoms with E-state index in [4.69, 9.17) is 0 Å². The average Bonchev–Trinajstić information content (AvgIpc) is 3.12. The van der Waals surface area contributed by atoms with Crippen molar-refractivity contribution < 1.29 is 13.3 Å². The second-order valence-corrected chi connectivity index (χ2v) is 8.50. The average molecular weight is 376 g/mol. The Balaban J connectivity index is 1.88. The zero-order chi connectivity index (χ0) is 18.4. The fourth-order valence-corrected chi connectivity index (χ4v) is 6.17. The second kappa shape index (κ2) is 6.19. The molecule has 0 saturated carbocycles. The van der Waals surface area contributed by atoms with Gasteiger partial charge < -0.3 is 9.88 Å². The van der Waals surface area contributed by atoms with Crippen LogP contribution in [0.2, 0.25) is 0 Å². The van der Waals surface area contributed by atoms with Crippen molar-refractivity contribution >= 4 is 15.7 Å². The molecule has 26 heavy (non-hydrogen) atoms. The van der Waals surface area contributed by atoms with Gasteiger partial charge in [-0.3, -0.25) is 10.1 Å². The minimum absolute atomic E-state index is 0.233. The first kappa shape index (κ1) is 17.2. The summed E-state index contributed by atoms with van der Waals surface area (Å²) < 4.78 is 30.6. The van der Waals surface area contributed by atoms with Gasteiger partial charge in [-0.15, -0.1) is 0 Å². The SMILES string of the molecule is O=[N+]([O-])c1ccccc1S(=O)(=O)N1CCn2cccc2C12CCNCC2. The predicted molar refractivity (Wildman–Crippen MR) is 95.2 cm³/mol. The van der Waals surface area contributed by atoms with E-state index in [9.17, 15) is 18.5 Å². The van der Waals surface area contributed by atoms with Crippen molar-refractivity contribution in [3.63, 3.8) is 0 Å². The van der Waals surface area contributed by atoms with Gasteiger partial charge in [0, 0.05) is 31.0 Å². The lowest BCUT2D eigenvalue weighted by Crippen LogP contribution is -2.58. The van der Waals surface area contributed by atoms with Gasteiger partial charge in [0.25, 0.3) is 15.7 Å². The number of nitrogens with zero attached hydrogens (tertiary/aromatic N) is 3. The van der Waals surface area contributed by atoms with Crippen molar-refractivity contribution in [3.8, 4) is 0 Å². The number of piperidine rings is 1. The molecule has 1 fully saturated rings. The van der Waals surface area contributed by atoms with E-state index in [0.29, 0.717) is 39.0 Å². The van der Waals surface area contributed by atoms with Crippen LogP contribution in [0.4, 0.5) is 5.69 Å². The maximum atomic E-state index is 13.5. The number of fused-ring (bicyclic) bond motifs is 2. The molecule has 138 valence electrons. The summed E-state index contributed by atoms with van der Waals surface area (Å²) in [5.74, 6) is 0. The fourth-order valence-electron chi connectivity index (χ4n) is 4.21. The minimum atomic E-state index is -4.02. The maximum Gasteiger partial charge on any atom is 0.289 e. The molecule has 3 heterocycles. The van der Waals surface area contributed by atoms with Gasteiger partial charge in [-0.05, 0) is 44.1 Å². The Morgan fingerprint density at radius 3 is 2.54 bits per heavy atom. The summed E-state index contributed by atoms with van der Waals surface area (Å²) in [6.45, 7) is 2.25. The lowest BCUT2D eigenvalue weighted by molar-refractivity contribution is -0.387.